The van der Waals surface area contributed by atoms with Crippen LogP contribution in [0.15, 0.2) is 12.4 Å². The summed E-state index contributed by atoms with van der Waals surface area (Å²) < 4.78 is 1.42. The van der Waals surface area contributed by atoms with Gasteiger partial charge in [-0.2, -0.15) is 0 Å². The van der Waals surface area contributed by atoms with Gasteiger partial charge < -0.3 is 10.0 Å². The Balaban J connectivity index is 2.17. The number of carbonyl (C=O) groups excluding carboxylic acids is 1. The van der Waals surface area contributed by atoms with Crippen LogP contribution >= 0.6 is 0 Å². The van der Waals surface area contributed by atoms with Crippen molar-refractivity contribution in [3.05, 3.63) is 12.4 Å². The summed E-state index contributed by atoms with van der Waals surface area (Å²) in [7, 11) is 0. The SMILES string of the molecule is CCCC1(C(=O)O)CCCN1C(=O)Cn1ccnn1. The zero-order valence-corrected chi connectivity index (χ0v) is 10.9. The van der Waals surface area contributed by atoms with E-state index in [-0.39, 0.29) is 12.5 Å². The van der Waals surface area contributed by atoms with E-state index in [1.54, 1.807) is 6.20 Å². The van der Waals surface area contributed by atoms with E-state index in [2.05, 4.69) is 10.3 Å². The highest BCUT2D eigenvalue weighted by molar-refractivity contribution is 5.87. The smallest absolute Gasteiger partial charge is 0.329 e. The average Bonchev–Trinajstić information content (AvgIpc) is 2.99. The van der Waals surface area contributed by atoms with Crippen molar-refractivity contribution in [2.75, 3.05) is 6.54 Å². The Morgan fingerprint density at radius 2 is 2.26 bits per heavy atom. The highest BCUT2D eigenvalue weighted by atomic mass is 16.4. The summed E-state index contributed by atoms with van der Waals surface area (Å²) >= 11 is 0. The number of amides is 1. The van der Waals surface area contributed by atoms with E-state index in [9.17, 15) is 14.7 Å². The lowest BCUT2D eigenvalue weighted by atomic mass is 9.90. The largest absolute Gasteiger partial charge is 0.479 e. The van der Waals surface area contributed by atoms with Gasteiger partial charge in [0.1, 0.15) is 12.1 Å². The van der Waals surface area contributed by atoms with Crippen LogP contribution in [0.3, 0.4) is 0 Å². The molecule has 7 nitrogen and oxygen atoms in total. The van der Waals surface area contributed by atoms with Gasteiger partial charge in [0.15, 0.2) is 0 Å². The van der Waals surface area contributed by atoms with Crippen LogP contribution < -0.4 is 0 Å². The maximum Gasteiger partial charge on any atom is 0.329 e. The Labute approximate surface area is 111 Å². The molecule has 1 atom stereocenters. The summed E-state index contributed by atoms with van der Waals surface area (Å²) in [4.78, 5) is 25.4. The van der Waals surface area contributed by atoms with Crippen LogP contribution in [0.2, 0.25) is 0 Å². The molecule has 0 aromatic carbocycles. The second-order valence-corrected chi connectivity index (χ2v) is 4.84. The average molecular weight is 266 g/mol. The molecule has 1 N–H and O–H groups in total. The molecule has 104 valence electrons. The van der Waals surface area contributed by atoms with Crippen LogP contribution in [-0.2, 0) is 16.1 Å². The van der Waals surface area contributed by atoms with Gasteiger partial charge in [-0.05, 0) is 19.3 Å². The van der Waals surface area contributed by atoms with Crippen LogP contribution in [-0.4, -0.2) is 49.0 Å². The highest BCUT2D eigenvalue weighted by Gasteiger charge is 2.48. The third-order valence-corrected chi connectivity index (χ3v) is 3.62. The number of hydrogen-bond acceptors (Lipinski definition) is 4. The number of rotatable bonds is 5. The van der Waals surface area contributed by atoms with E-state index in [0.29, 0.717) is 19.4 Å². The summed E-state index contributed by atoms with van der Waals surface area (Å²) in [6.07, 6.45) is 5.57. The number of aliphatic carboxylic acids is 1. The van der Waals surface area contributed by atoms with E-state index in [4.69, 9.17) is 0 Å². The molecule has 1 aliphatic heterocycles. The standard InChI is InChI=1S/C12H18N4O3/c1-2-4-12(11(18)19)5-3-7-16(12)10(17)9-15-8-6-13-14-15/h6,8H,2-5,7,9H2,1H3,(H,18,19). The normalized spacial score (nSPS) is 22.7. The molecule has 0 radical (unpaired) electrons. The molecular formula is C12H18N4O3. The molecule has 2 heterocycles. The molecule has 0 aliphatic carbocycles. The van der Waals surface area contributed by atoms with Gasteiger partial charge in [0, 0.05) is 12.7 Å². The quantitative estimate of drug-likeness (QED) is 0.839. The molecule has 7 heteroatoms. The first-order valence-corrected chi connectivity index (χ1v) is 6.48. The first-order chi connectivity index (χ1) is 9.10. The lowest BCUT2D eigenvalue weighted by Gasteiger charge is -2.34. The number of carboxylic acid groups (broad SMARTS) is 1. The zero-order valence-electron chi connectivity index (χ0n) is 10.9. The van der Waals surface area contributed by atoms with Crippen molar-refractivity contribution in [1.82, 2.24) is 19.9 Å². The van der Waals surface area contributed by atoms with E-state index in [0.717, 1.165) is 12.8 Å². The Morgan fingerprint density at radius 1 is 1.47 bits per heavy atom. The van der Waals surface area contributed by atoms with Gasteiger partial charge in [0.2, 0.25) is 5.91 Å². The molecule has 1 fully saturated rings. The third-order valence-electron chi connectivity index (χ3n) is 3.62. The van der Waals surface area contributed by atoms with Gasteiger partial charge in [-0.1, -0.05) is 18.6 Å². The Bertz CT molecular complexity index is 460. The van der Waals surface area contributed by atoms with Gasteiger partial charge in [-0.15, -0.1) is 5.10 Å². The fourth-order valence-corrected chi connectivity index (χ4v) is 2.79. The molecule has 0 saturated carbocycles. The Kier molecular flexibility index (Phi) is 3.82. The van der Waals surface area contributed by atoms with Crippen molar-refractivity contribution in [3.63, 3.8) is 0 Å². The predicted molar refractivity (Wildman–Crippen MR) is 66.2 cm³/mol. The summed E-state index contributed by atoms with van der Waals surface area (Å²) in [5, 5.41) is 16.9. The minimum Gasteiger partial charge on any atom is -0.479 e. The molecule has 0 bridgehead atoms. The summed E-state index contributed by atoms with van der Waals surface area (Å²) in [6.45, 7) is 2.47. The van der Waals surface area contributed by atoms with Crippen molar-refractivity contribution >= 4 is 11.9 Å². The molecule has 1 amide bonds. The van der Waals surface area contributed by atoms with Crippen molar-refractivity contribution < 1.29 is 14.7 Å². The monoisotopic (exact) mass is 266 g/mol. The van der Waals surface area contributed by atoms with Crippen LogP contribution in [0.25, 0.3) is 0 Å². The first-order valence-electron chi connectivity index (χ1n) is 6.48. The third kappa shape index (κ3) is 2.45. The van der Waals surface area contributed by atoms with E-state index < -0.39 is 11.5 Å². The lowest BCUT2D eigenvalue weighted by Crippen LogP contribution is -2.53. The van der Waals surface area contributed by atoms with Gasteiger partial charge in [0.05, 0.1) is 6.20 Å². The molecule has 1 saturated heterocycles. The molecule has 1 aliphatic rings. The molecule has 1 aromatic rings. The minimum absolute atomic E-state index is 0.0404. The van der Waals surface area contributed by atoms with Gasteiger partial charge >= 0.3 is 5.97 Å². The van der Waals surface area contributed by atoms with Crippen LogP contribution in [0, 0.1) is 0 Å². The number of aromatic nitrogens is 3. The minimum atomic E-state index is -1.04. The molecular weight excluding hydrogens is 248 g/mol. The molecule has 1 aromatic heterocycles. The zero-order chi connectivity index (χ0) is 13.9. The molecule has 1 unspecified atom stereocenters. The number of nitrogens with zero attached hydrogens (tertiary/aromatic N) is 4. The van der Waals surface area contributed by atoms with Crippen molar-refractivity contribution in [1.29, 1.82) is 0 Å². The molecule has 0 spiro atoms. The topological polar surface area (TPSA) is 88.3 Å². The molecule has 19 heavy (non-hydrogen) atoms. The summed E-state index contributed by atoms with van der Waals surface area (Å²) in [6, 6.07) is 0. The van der Waals surface area contributed by atoms with Crippen molar-refractivity contribution in [2.45, 2.75) is 44.7 Å². The van der Waals surface area contributed by atoms with Gasteiger partial charge in [0.25, 0.3) is 0 Å². The van der Waals surface area contributed by atoms with Gasteiger partial charge in [-0.25, -0.2) is 9.48 Å². The van der Waals surface area contributed by atoms with Crippen LogP contribution in [0.1, 0.15) is 32.6 Å². The van der Waals surface area contributed by atoms with Crippen LogP contribution in [0.4, 0.5) is 0 Å². The second kappa shape index (κ2) is 5.38. The summed E-state index contributed by atoms with van der Waals surface area (Å²) in [5.74, 6) is -1.11. The van der Waals surface area contributed by atoms with Gasteiger partial charge in [-0.3, -0.25) is 4.79 Å². The van der Waals surface area contributed by atoms with Crippen LogP contribution in [0.5, 0.6) is 0 Å². The maximum atomic E-state index is 12.3. The van der Waals surface area contributed by atoms with E-state index in [1.165, 1.54) is 15.8 Å². The first kappa shape index (κ1) is 13.5. The van der Waals surface area contributed by atoms with E-state index >= 15 is 0 Å². The molecule has 2 rings (SSSR count). The Hall–Kier alpha value is -1.92. The van der Waals surface area contributed by atoms with E-state index in [1.807, 2.05) is 6.92 Å². The number of carbonyl (C=O) groups is 2. The highest BCUT2D eigenvalue weighted by Crippen LogP contribution is 2.34. The lowest BCUT2D eigenvalue weighted by molar-refractivity contribution is -0.157. The summed E-state index contributed by atoms with van der Waals surface area (Å²) in [5.41, 5.74) is -1.04. The maximum absolute atomic E-state index is 12.3. The number of likely N-dealkylation sites (tertiary alicyclic amines) is 1. The van der Waals surface area contributed by atoms with Crippen molar-refractivity contribution in [2.24, 2.45) is 0 Å². The number of hydrogen-bond donors (Lipinski definition) is 1. The van der Waals surface area contributed by atoms with Crippen molar-refractivity contribution in [3.8, 4) is 0 Å². The fraction of sp³-hybridized carbons (Fsp3) is 0.667. The second-order valence-electron chi connectivity index (χ2n) is 4.84. The fourth-order valence-electron chi connectivity index (χ4n) is 2.79. The number of carboxylic acids is 1. The Morgan fingerprint density at radius 3 is 2.84 bits per heavy atom. The predicted octanol–water partition coefficient (Wildman–Crippen LogP) is 0.524.